The lowest BCUT2D eigenvalue weighted by atomic mass is 9.78. The third-order valence-electron chi connectivity index (χ3n) is 4.00. The number of nitrogens with one attached hydrogen (secondary N) is 1. The summed E-state index contributed by atoms with van der Waals surface area (Å²) in [6, 6.07) is 6.93. The van der Waals surface area contributed by atoms with Gasteiger partial charge in [0.1, 0.15) is 0 Å². The van der Waals surface area contributed by atoms with Crippen LogP contribution in [0.3, 0.4) is 0 Å². The molecule has 0 bridgehead atoms. The van der Waals surface area contributed by atoms with Crippen molar-refractivity contribution in [3.05, 3.63) is 30.1 Å². The number of hydrogen-bond donors (Lipinski definition) is 1. The van der Waals surface area contributed by atoms with Crippen LogP contribution in [-0.2, 0) is 6.54 Å². The van der Waals surface area contributed by atoms with Gasteiger partial charge in [-0.3, -0.25) is 9.88 Å². The minimum absolute atomic E-state index is 0.746. The Kier molecular flexibility index (Phi) is 5.14. The lowest BCUT2D eigenvalue weighted by molar-refractivity contribution is 0.0592. The predicted octanol–water partition coefficient (Wildman–Crippen LogP) is 2.29. The third-order valence-corrected chi connectivity index (χ3v) is 4.00. The molecule has 1 aliphatic rings. The second kappa shape index (κ2) is 6.86. The van der Waals surface area contributed by atoms with E-state index in [0.717, 1.165) is 31.6 Å². The van der Waals surface area contributed by atoms with Gasteiger partial charge < -0.3 is 5.32 Å². The maximum Gasteiger partial charge on any atom is 0.0544 e. The number of pyridine rings is 1. The summed E-state index contributed by atoms with van der Waals surface area (Å²) >= 11 is 0. The largest absolute Gasteiger partial charge is 0.317 e. The number of nitrogens with zero attached hydrogens (tertiary/aromatic N) is 2. The van der Waals surface area contributed by atoms with E-state index in [1.807, 2.05) is 12.3 Å². The summed E-state index contributed by atoms with van der Waals surface area (Å²) in [5, 5.41) is 3.48. The highest BCUT2D eigenvalue weighted by atomic mass is 15.2. The Morgan fingerprint density at radius 3 is 2.78 bits per heavy atom. The molecule has 3 heteroatoms. The van der Waals surface area contributed by atoms with Gasteiger partial charge in [0.05, 0.1) is 5.69 Å². The maximum absolute atomic E-state index is 4.44. The first-order chi connectivity index (χ1) is 8.85. The molecule has 3 nitrogen and oxygen atoms in total. The molecular formula is C15H25N3. The van der Waals surface area contributed by atoms with E-state index in [0.29, 0.717) is 0 Å². The minimum Gasteiger partial charge on any atom is -0.317 e. The number of aromatic nitrogens is 1. The second-order valence-electron chi connectivity index (χ2n) is 5.10. The SMILES string of the molecule is CCNCC1CCC1N(CC)Cc1ccccn1. The average molecular weight is 247 g/mol. The van der Waals surface area contributed by atoms with Crippen molar-refractivity contribution in [3.8, 4) is 0 Å². The van der Waals surface area contributed by atoms with Crippen LogP contribution >= 0.6 is 0 Å². The highest BCUT2D eigenvalue weighted by molar-refractivity contribution is 5.04. The van der Waals surface area contributed by atoms with Crippen LogP contribution in [0.4, 0.5) is 0 Å². The Morgan fingerprint density at radius 2 is 2.22 bits per heavy atom. The van der Waals surface area contributed by atoms with E-state index in [1.54, 1.807) is 0 Å². The quantitative estimate of drug-likeness (QED) is 0.801. The summed E-state index contributed by atoms with van der Waals surface area (Å²) in [7, 11) is 0. The zero-order valence-corrected chi connectivity index (χ0v) is 11.6. The van der Waals surface area contributed by atoms with E-state index in [9.17, 15) is 0 Å². The normalized spacial score (nSPS) is 23.1. The fourth-order valence-corrected chi connectivity index (χ4v) is 2.76. The molecule has 1 aliphatic carbocycles. The molecule has 1 aromatic rings. The molecule has 0 spiro atoms. The molecule has 0 aliphatic heterocycles. The lowest BCUT2D eigenvalue weighted by Gasteiger charge is -2.44. The molecule has 2 rings (SSSR count). The van der Waals surface area contributed by atoms with Crippen LogP contribution in [0.25, 0.3) is 0 Å². The Labute approximate surface area is 111 Å². The van der Waals surface area contributed by atoms with Crippen LogP contribution in [0.5, 0.6) is 0 Å². The van der Waals surface area contributed by atoms with Gasteiger partial charge in [-0.2, -0.15) is 0 Å². The fraction of sp³-hybridized carbons (Fsp3) is 0.667. The van der Waals surface area contributed by atoms with E-state index in [-0.39, 0.29) is 0 Å². The van der Waals surface area contributed by atoms with Crippen molar-refractivity contribution in [2.24, 2.45) is 5.92 Å². The van der Waals surface area contributed by atoms with Crippen molar-refractivity contribution in [2.75, 3.05) is 19.6 Å². The van der Waals surface area contributed by atoms with Crippen molar-refractivity contribution in [1.82, 2.24) is 15.2 Å². The second-order valence-corrected chi connectivity index (χ2v) is 5.10. The zero-order chi connectivity index (χ0) is 12.8. The van der Waals surface area contributed by atoms with Crippen molar-refractivity contribution in [3.63, 3.8) is 0 Å². The molecule has 0 aromatic carbocycles. The van der Waals surface area contributed by atoms with Gasteiger partial charge in [-0.1, -0.05) is 19.9 Å². The molecule has 18 heavy (non-hydrogen) atoms. The summed E-state index contributed by atoms with van der Waals surface area (Å²) < 4.78 is 0. The average Bonchev–Trinajstić information content (AvgIpc) is 2.38. The molecule has 0 saturated heterocycles. The van der Waals surface area contributed by atoms with Gasteiger partial charge >= 0.3 is 0 Å². The smallest absolute Gasteiger partial charge is 0.0544 e. The Balaban J connectivity index is 1.89. The van der Waals surface area contributed by atoms with Gasteiger partial charge in [0.25, 0.3) is 0 Å². The first-order valence-electron chi connectivity index (χ1n) is 7.19. The molecule has 1 saturated carbocycles. The van der Waals surface area contributed by atoms with Crippen LogP contribution in [0, 0.1) is 5.92 Å². The van der Waals surface area contributed by atoms with Crippen LogP contribution in [0.15, 0.2) is 24.4 Å². The summed E-state index contributed by atoms with van der Waals surface area (Å²) in [5.41, 5.74) is 1.19. The molecular weight excluding hydrogens is 222 g/mol. The Bertz CT molecular complexity index is 339. The third kappa shape index (κ3) is 3.30. The lowest BCUT2D eigenvalue weighted by Crippen LogP contribution is -2.50. The molecule has 1 N–H and O–H groups in total. The minimum atomic E-state index is 0.746. The number of hydrogen-bond acceptors (Lipinski definition) is 3. The Hall–Kier alpha value is -0.930. The van der Waals surface area contributed by atoms with Crippen LogP contribution in [-0.4, -0.2) is 35.6 Å². The molecule has 0 radical (unpaired) electrons. The van der Waals surface area contributed by atoms with Crippen molar-refractivity contribution in [1.29, 1.82) is 0 Å². The highest BCUT2D eigenvalue weighted by Crippen LogP contribution is 2.32. The first-order valence-corrected chi connectivity index (χ1v) is 7.19. The van der Waals surface area contributed by atoms with E-state index in [4.69, 9.17) is 0 Å². The standard InChI is InChI=1S/C15H25N3/c1-3-16-11-13-8-9-15(13)18(4-2)12-14-7-5-6-10-17-14/h5-7,10,13,15-16H,3-4,8-9,11-12H2,1-2H3. The van der Waals surface area contributed by atoms with Gasteiger partial charge in [-0.05, 0) is 50.5 Å². The molecule has 2 atom stereocenters. The fourth-order valence-electron chi connectivity index (χ4n) is 2.76. The predicted molar refractivity (Wildman–Crippen MR) is 75.4 cm³/mol. The molecule has 1 aromatic heterocycles. The molecule has 0 amide bonds. The van der Waals surface area contributed by atoms with Gasteiger partial charge in [-0.15, -0.1) is 0 Å². The molecule has 100 valence electrons. The van der Waals surface area contributed by atoms with Crippen LogP contribution < -0.4 is 5.32 Å². The summed E-state index contributed by atoms with van der Waals surface area (Å²) in [6.45, 7) is 8.79. The van der Waals surface area contributed by atoms with Crippen molar-refractivity contribution in [2.45, 2.75) is 39.3 Å². The van der Waals surface area contributed by atoms with E-state index < -0.39 is 0 Å². The number of rotatable bonds is 7. The molecule has 1 heterocycles. The zero-order valence-electron chi connectivity index (χ0n) is 11.6. The molecule has 1 fully saturated rings. The van der Waals surface area contributed by atoms with Gasteiger partial charge in [-0.25, -0.2) is 0 Å². The molecule has 2 unspecified atom stereocenters. The Morgan fingerprint density at radius 1 is 1.33 bits per heavy atom. The van der Waals surface area contributed by atoms with Crippen LogP contribution in [0.1, 0.15) is 32.4 Å². The maximum atomic E-state index is 4.44. The van der Waals surface area contributed by atoms with Crippen molar-refractivity contribution >= 4 is 0 Å². The van der Waals surface area contributed by atoms with E-state index in [1.165, 1.54) is 25.1 Å². The highest BCUT2D eigenvalue weighted by Gasteiger charge is 2.34. The van der Waals surface area contributed by atoms with E-state index >= 15 is 0 Å². The van der Waals surface area contributed by atoms with Gasteiger partial charge in [0.2, 0.25) is 0 Å². The van der Waals surface area contributed by atoms with Crippen LogP contribution in [0.2, 0.25) is 0 Å². The van der Waals surface area contributed by atoms with Gasteiger partial charge in [0.15, 0.2) is 0 Å². The topological polar surface area (TPSA) is 28.2 Å². The first kappa shape index (κ1) is 13.5. The summed E-state index contributed by atoms with van der Waals surface area (Å²) in [4.78, 5) is 7.01. The van der Waals surface area contributed by atoms with Crippen molar-refractivity contribution < 1.29 is 0 Å². The summed E-state index contributed by atoms with van der Waals surface area (Å²) in [5.74, 6) is 0.827. The summed E-state index contributed by atoms with van der Waals surface area (Å²) in [6.07, 6.45) is 4.60. The van der Waals surface area contributed by atoms with E-state index in [2.05, 4.69) is 41.2 Å². The van der Waals surface area contributed by atoms with Gasteiger partial charge in [0, 0.05) is 18.8 Å². The monoisotopic (exact) mass is 247 g/mol.